The standard InChI is InChI=1S/C12H12BrN5/c1-17-10-5-7(3-4-8(10)11(13)16-17)9-6-15-18(2)12(9)14/h3-6H,14H2,1-2H3. The molecule has 5 nitrogen and oxygen atoms in total. The Balaban J connectivity index is 2.25. The number of nitrogens with two attached hydrogens (primary N) is 1. The number of hydrogen-bond donors (Lipinski definition) is 1. The normalized spacial score (nSPS) is 11.3. The Kier molecular flexibility index (Phi) is 2.41. The number of aromatic nitrogens is 4. The third-order valence-corrected chi connectivity index (χ3v) is 3.69. The van der Waals surface area contributed by atoms with Gasteiger partial charge in [0, 0.05) is 25.0 Å². The number of fused-ring (bicyclic) bond motifs is 1. The zero-order chi connectivity index (χ0) is 12.9. The third-order valence-electron chi connectivity index (χ3n) is 3.10. The summed E-state index contributed by atoms with van der Waals surface area (Å²) in [5.41, 5.74) is 9.04. The van der Waals surface area contributed by atoms with Gasteiger partial charge >= 0.3 is 0 Å². The van der Waals surface area contributed by atoms with Gasteiger partial charge in [-0.3, -0.25) is 9.36 Å². The molecule has 0 amide bonds. The predicted molar refractivity (Wildman–Crippen MR) is 75.0 cm³/mol. The van der Waals surface area contributed by atoms with Gasteiger partial charge in [-0.15, -0.1) is 0 Å². The molecular formula is C12H12BrN5. The first-order valence-corrected chi connectivity index (χ1v) is 6.27. The number of rotatable bonds is 1. The number of hydrogen-bond acceptors (Lipinski definition) is 3. The summed E-state index contributed by atoms with van der Waals surface area (Å²) >= 11 is 3.44. The quantitative estimate of drug-likeness (QED) is 0.750. The second-order valence-corrected chi connectivity index (χ2v) is 4.96. The van der Waals surface area contributed by atoms with E-state index in [0.717, 1.165) is 26.6 Å². The first-order valence-electron chi connectivity index (χ1n) is 5.48. The number of benzene rings is 1. The molecule has 0 aliphatic heterocycles. The molecule has 0 saturated carbocycles. The molecule has 2 aromatic heterocycles. The largest absolute Gasteiger partial charge is 0.383 e. The van der Waals surface area contributed by atoms with Crippen LogP contribution in [0.5, 0.6) is 0 Å². The van der Waals surface area contributed by atoms with E-state index >= 15 is 0 Å². The Hall–Kier alpha value is -1.82. The number of aryl methyl sites for hydroxylation is 2. The molecule has 3 aromatic rings. The minimum atomic E-state index is 0.663. The van der Waals surface area contributed by atoms with Crippen molar-refractivity contribution in [1.82, 2.24) is 19.6 Å². The average molecular weight is 306 g/mol. The Morgan fingerprint density at radius 3 is 2.67 bits per heavy atom. The van der Waals surface area contributed by atoms with Gasteiger partial charge < -0.3 is 5.73 Å². The van der Waals surface area contributed by atoms with Crippen molar-refractivity contribution < 1.29 is 0 Å². The van der Waals surface area contributed by atoms with Crippen LogP contribution in [0.1, 0.15) is 0 Å². The van der Waals surface area contributed by atoms with Crippen molar-refractivity contribution in [2.45, 2.75) is 0 Å². The molecular weight excluding hydrogens is 294 g/mol. The SMILES string of the molecule is Cn1ncc(-c2ccc3c(Br)nn(C)c3c2)c1N. The van der Waals surface area contributed by atoms with Crippen LogP contribution in [0.2, 0.25) is 0 Å². The Morgan fingerprint density at radius 2 is 2.00 bits per heavy atom. The van der Waals surface area contributed by atoms with Gasteiger partial charge in [0.25, 0.3) is 0 Å². The van der Waals surface area contributed by atoms with Crippen LogP contribution in [-0.4, -0.2) is 19.6 Å². The lowest BCUT2D eigenvalue weighted by Gasteiger charge is -2.02. The van der Waals surface area contributed by atoms with Crippen LogP contribution in [0.15, 0.2) is 29.0 Å². The zero-order valence-corrected chi connectivity index (χ0v) is 11.6. The molecule has 0 bridgehead atoms. The summed E-state index contributed by atoms with van der Waals surface area (Å²) in [5.74, 6) is 0.663. The van der Waals surface area contributed by atoms with Crippen molar-refractivity contribution in [3.63, 3.8) is 0 Å². The minimum absolute atomic E-state index is 0.663. The number of anilines is 1. The predicted octanol–water partition coefficient (Wildman–Crippen LogP) is 2.32. The van der Waals surface area contributed by atoms with E-state index in [2.05, 4.69) is 32.2 Å². The van der Waals surface area contributed by atoms with E-state index in [1.807, 2.05) is 30.9 Å². The molecule has 0 atom stereocenters. The summed E-state index contributed by atoms with van der Waals surface area (Å²) in [5, 5.41) is 9.58. The fourth-order valence-electron chi connectivity index (χ4n) is 2.05. The molecule has 0 spiro atoms. The highest BCUT2D eigenvalue weighted by Crippen LogP contribution is 2.30. The van der Waals surface area contributed by atoms with Crippen molar-refractivity contribution in [3.05, 3.63) is 29.0 Å². The highest BCUT2D eigenvalue weighted by Gasteiger charge is 2.11. The molecule has 0 fully saturated rings. The maximum atomic E-state index is 5.99. The molecule has 92 valence electrons. The molecule has 1 aromatic carbocycles. The Bertz CT molecular complexity index is 740. The molecule has 0 aliphatic rings. The fourth-order valence-corrected chi connectivity index (χ4v) is 2.62. The summed E-state index contributed by atoms with van der Waals surface area (Å²) in [4.78, 5) is 0. The lowest BCUT2D eigenvalue weighted by atomic mass is 10.1. The van der Waals surface area contributed by atoms with Crippen LogP contribution in [0, 0.1) is 0 Å². The first kappa shape index (κ1) is 11.3. The molecule has 0 radical (unpaired) electrons. The summed E-state index contributed by atoms with van der Waals surface area (Å²) in [6.45, 7) is 0. The van der Waals surface area contributed by atoms with Crippen molar-refractivity contribution in [2.75, 3.05) is 5.73 Å². The van der Waals surface area contributed by atoms with Crippen LogP contribution in [0.4, 0.5) is 5.82 Å². The molecule has 0 saturated heterocycles. The van der Waals surface area contributed by atoms with E-state index in [0.29, 0.717) is 5.82 Å². The van der Waals surface area contributed by atoms with Gasteiger partial charge in [-0.25, -0.2) is 0 Å². The van der Waals surface area contributed by atoms with Gasteiger partial charge in [0.2, 0.25) is 0 Å². The molecule has 0 aliphatic carbocycles. The molecule has 6 heteroatoms. The van der Waals surface area contributed by atoms with Gasteiger partial charge in [-0.05, 0) is 33.6 Å². The molecule has 2 heterocycles. The lowest BCUT2D eigenvalue weighted by Crippen LogP contribution is -1.98. The van der Waals surface area contributed by atoms with E-state index in [-0.39, 0.29) is 0 Å². The molecule has 3 rings (SSSR count). The van der Waals surface area contributed by atoms with Crippen LogP contribution < -0.4 is 5.73 Å². The van der Waals surface area contributed by atoms with Gasteiger partial charge in [0.05, 0.1) is 11.7 Å². The summed E-state index contributed by atoms with van der Waals surface area (Å²) in [6.07, 6.45) is 1.78. The highest BCUT2D eigenvalue weighted by atomic mass is 79.9. The highest BCUT2D eigenvalue weighted by molar-refractivity contribution is 9.10. The van der Waals surface area contributed by atoms with E-state index in [1.54, 1.807) is 10.9 Å². The second-order valence-electron chi connectivity index (χ2n) is 4.21. The number of nitrogen functional groups attached to an aromatic ring is 1. The van der Waals surface area contributed by atoms with Gasteiger partial charge in [0.1, 0.15) is 10.4 Å². The molecule has 2 N–H and O–H groups in total. The van der Waals surface area contributed by atoms with E-state index in [1.165, 1.54) is 0 Å². The number of nitrogens with zero attached hydrogens (tertiary/aromatic N) is 4. The third kappa shape index (κ3) is 1.53. The van der Waals surface area contributed by atoms with Gasteiger partial charge in [-0.1, -0.05) is 6.07 Å². The Morgan fingerprint density at radius 1 is 1.22 bits per heavy atom. The van der Waals surface area contributed by atoms with Gasteiger partial charge in [0.15, 0.2) is 0 Å². The van der Waals surface area contributed by atoms with Crippen LogP contribution in [-0.2, 0) is 14.1 Å². The van der Waals surface area contributed by atoms with E-state index in [9.17, 15) is 0 Å². The topological polar surface area (TPSA) is 61.7 Å². The maximum absolute atomic E-state index is 5.99. The summed E-state index contributed by atoms with van der Waals surface area (Å²) in [6, 6.07) is 6.14. The van der Waals surface area contributed by atoms with Crippen molar-refractivity contribution in [3.8, 4) is 11.1 Å². The van der Waals surface area contributed by atoms with Crippen LogP contribution in [0.25, 0.3) is 22.0 Å². The first-order chi connectivity index (χ1) is 8.58. The van der Waals surface area contributed by atoms with Gasteiger partial charge in [-0.2, -0.15) is 10.2 Å². The summed E-state index contributed by atoms with van der Waals surface area (Å²) in [7, 11) is 3.75. The second kappa shape index (κ2) is 3.84. The zero-order valence-electron chi connectivity index (χ0n) is 10.1. The van der Waals surface area contributed by atoms with Crippen molar-refractivity contribution in [2.24, 2.45) is 14.1 Å². The monoisotopic (exact) mass is 305 g/mol. The summed E-state index contributed by atoms with van der Waals surface area (Å²) < 4.78 is 4.36. The van der Waals surface area contributed by atoms with E-state index < -0.39 is 0 Å². The fraction of sp³-hybridized carbons (Fsp3) is 0.167. The van der Waals surface area contributed by atoms with Crippen LogP contribution >= 0.6 is 15.9 Å². The van der Waals surface area contributed by atoms with Crippen molar-refractivity contribution in [1.29, 1.82) is 0 Å². The van der Waals surface area contributed by atoms with E-state index in [4.69, 9.17) is 5.73 Å². The lowest BCUT2D eigenvalue weighted by molar-refractivity contribution is 0.779. The minimum Gasteiger partial charge on any atom is -0.383 e. The number of halogens is 1. The smallest absolute Gasteiger partial charge is 0.135 e. The van der Waals surface area contributed by atoms with Crippen molar-refractivity contribution >= 4 is 32.7 Å². The molecule has 0 unspecified atom stereocenters. The Labute approximate surface area is 112 Å². The average Bonchev–Trinajstić information content (AvgIpc) is 2.82. The maximum Gasteiger partial charge on any atom is 0.135 e. The molecule has 18 heavy (non-hydrogen) atoms. The van der Waals surface area contributed by atoms with Crippen LogP contribution in [0.3, 0.4) is 0 Å².